The van der Waals surface area contributed by atoms with E-state index in [-0.39, 0.29) is 12.1 Å². The summed E-state index contributed by atoms with van der Waals surface area (Å²) in [6.07, 6.45) is 8.57. The Morgan fingerprint density at radius 3 is 2.33 bits per heavy atom. The summed E-state index contributed by atoms with van der Waals surface area (Å²) in [6, 6.07) is 18.9. The maximum Gasteiger partial charge on any atom is 0.119 e. The predicted molar refractivity (Wildman–Crippen MR) is 122 cm³/mol. The van der Waals surface area contributed by atoms with Crippen LogP contribution in [0.5, 0.6) is 0 Å². The summed E-state index contributed by atoms with van der Waals surface area (Å²) in [7, 11) is 0. The van der Waals surface area contributed by atoms with Gasteiger partial charge >= 0.3 is 0 Å². The van der Waals surface area contributed by atoms with Gasteiger partial charge in [-0.05, 0) is 55.7 Å². The fourth-order valence-corrected chi connectivity index (χ4v) is 5.24. The van der Waals surface area contributed by atoms with Crippen molar-refractivity contribution in [3.63, 3.8) is 0 Å². The largest absolute Gasteiger partial charge is 0.391 e. The van der Waals surface area contributed by atoms with Crippen molar-refractivity contribution in [1.82, 2.24) is 4.90 Å². The first-order chi connectivity index (χ1) is 14.7. The van der Waals surface area contributed by atoms with E-state index in [9.17, 15) is 10.2 Å². The zero-order chi connectivity index (χ0) is 20.8. The first kappa shape index (κ1) is 21.4. The minimum atomic E-state index is -0.812. The van der Waals surface area contributed by atoms with Crippen LogP contribution < -0.4 is 5.32 Å². The third-order valence-electron chi connectivity index (χ3n) is 6.97. The van der Waals surface area contributed by atoms with Gasteiger partial charge in [0.15, 0.2) is 0 Å². The molecule has 2 atom stereocenters. The van der Waals surface area contributed by atoms with Crippen molar-refractivity contribution in [3.05, 3.63) is 65.7 Å². The van der Waals surface area contributed by atoms with E-state index in [1.807, 2.05) is 6.07 Å². The molecule has 4 heteroatoms. The second kappa shape index (κ2) is 9.95. The molecule has 0 saturated heterocycles. The Morgan fingerprint density at radius 1 is 0.867 bits per heavy atom. The molecule has 0 unspecified atom stereocenters. The van der Waals surface area contributed by atoms with Gasteiger partial charge in [-0.25, -0.2) is 0 Å². The Morgan fingerprint density at radius 2 is 1.57 bits per heavy atom. The van der Waals surface area contributed by atoms with Crippen LogP contribution in [-0.2, 0) is 13.1 Å². The van der Waals surface area contributed by atoms with Crippen molar-refractivity contribution in [1.29, 1.82) is 0 Å². The third-order valence-corrected chi connectivity index (χ3v) is 6.97. The Hall–Kier alpha value is -1.88. The average molecular weight is 409 g/mol. The van der Waals surface area contributed by atoms with Crippen LogP contribution in [0.3, 0.4) is 0 Å². The number of hydrogen-bond acceptors (Lipinski definition) is 4. The molecule has 3 N–H and O–H groups in total. The number of anilines is 1. The third kappa shape index (κ3) is 5.05. The summed E-state index contributed by atoms with van der Waals surface area (Å²) >= 11 is 0. The van der Waals surface area contributed by atoms with Gasteiger partial charge in [0, 0.05) is 24.8 Å². The summed E-state index contributed by atoms with van der Waals surface area (Å²) in [5.41, 5.74) is 2.73. The van der Waals surface area contributed by atoms with Crippen LogP contribution in [-0.4, -0.2) is 33.0 Å². The monoisotopic (exact) mass is 408 g/mol. The molecule has 0 aromatic heterocycles. The number of nitrogens with one attached hydrogen (secondary N) is 1. The SMILES string of the molecule is O[C@@H]1CCCC[C@H]1N(Cc1ccccc1NCc1ccccc1)C1(O)CCCCC1. The predicted octanol–water partition coefficient (Wildman–Crippen LogP) is 5.06. The van der Waals surface area contributed by atoms with Gasteiger partial charge in [-0.2, -0.15) is 0 Å². The topological polar surface area (TPSA) is 55.7 Å². The number of hydrogen-bond donors (Lipinski definition) is 3. The van der Waals surface area contributed by atoms with Crippen molar-refractivity contribution in [2.45, 2.75) is 88.7 Å². The summed E-state index contributed by atoms with van der Waals surface area (Å²) in [5, 5.41) is 26.1. The lowest BCUT2D eigenvalue weighted by Crippen LogP contribution is -2.58. The normalized spacial score (nSPS) is 24.0. The Kier molecular flexibility index (Phi) is 7.08. The van der Waals surface area contributed by atoms with Gasteiger partial charge in [0.05, 0.1) is 6.10 Å². The van der Waals surface area contributed by atoms with Crippen LogP contribution in [0, 0.1) is 0 Å². The molecule has 162 valence electrons. The van der Waals surface area contributed by atoms with Crippen LogP contribution in [0.1, 0.15) is 68.9 Å². The van der Waals surface area contributed by atoms with E-state index in [0.29, 0.717) is 6.54 Å². The lowest BCUT2D eigenvalue weighted by atomic mass is 9.84. The minimum Gasteiger partial charge on any atom is -0.391 e. The van der Waals surface area contributed by atoms with Crippen molar-refractivity contribution < 1.29 is 10.2 Å². The molecule has 0 radical (unpaired) electrons. The number of para-hydroxylation sites is 1. The van der Waals surface area contributed by atoms with E-state index in [4.69, 9.17) is 0 Å². The second-order valence-electron chi connectivity index (χ2n) is 9.09. The Balaban J connectivity index is 1.56. The van der Waals surface area contributed by atoms with Gasteiger partial charge in [0.25, 0.3) is 0 Å². The van der Waals surface area contributed by atoms with Crippen molar-refractivity contribution >= 4 is 5.69 Å². The van der Waals surface area contributed by atoms with Gasteiger partial charge in [-0.3, -0.25) is 4.90 Å². The molecule has 0 bridgehead atoms. The van der Waals surface area contributed by atoms with Gasteiger partial charge in [-0.15, -0.1) is 0 Å². The minimum absolute atomic E-state index is 0.0315. The van der Waals surface area contributed by atoms with Crippen molar-refractivity contribution in [2.75, 3.05) is 5.32 Å². The molecule has 2 aromatic rings. The number of nitrogens with zero attached hydrogens (tertiary/aromatic N) is 1. The molecule has 0 spiro atoms. The first-order valence-electron chi connectivity index (χ1n) is 11.7. The van der Waals surface area contributed by atoms with Gasteiger partial charge in [0.1, 0.15) is 5.72 Å². The number of aliphatic hydroxyl groups excluding tert-OH is 1. The fraction of sp³-hybridized carbons (Fsp3) is 0.538. The fourth-order valence-electron chi connectivity index (χ4n) is 5.24. The number of benzene rings is 2. The lowest BCUT2D eigenvalue weighted by Gasteiger charge is -2.49. The maximum atomic E-state index is 11.7. The molecular weight excluding hydrogens is 372 g/mol. The molecule has 30 heavy (non-hydrogen) atoms. The van der Waals surface area contributed by atoms with Crippen LogP contribution in [0.15, 0.2) is 54.6 Å². The molecular formula is C26H36N2O2. The van der Waals surface area contributed by atoms with E-state index in [2.05, 4.69) is 58.7 Å². The first-order valence-corrected chi connectivity index (χ1v) is 11.7. The zero-order valence-corrected chi connectivity index (χ0v) is 18.0. The molecule has 2 saturated carbocycles. The molecule has 4 rings (SSSR count). The average Bonchev–Trinajstić information content (AvgIpc) is 2.78. The highest BCUT2D eigenvalue weighted by Crippen LogP contribution is 2.38. The van der Waals surface area contributed by atoms with Gasteiger partial charge in [0.2, 0.25) is 0 Å². The van der Waals surface area contributed by atoms with Gasteiger partial charge < -0.3 is 15.5 Å². The van der Waals surface area contributed by atoms with Crippen LogP contribution >= 0.6 is 0 Å². The van der Waals surface area contributed by atoms with E-state index in [1.165, 1.54) is 17.5 Å². The molecule has 2 fully saturated rings. The van der Waals surface area contributed by atoms with E-state index in [1.54, 1.807) is 0 Å². The zero-order valence-electron chi connectivity index (χ0n) is 18.0. The van der Waals surface area contributed by atoms with Crippen LogP contribution in [0.4, 0.5) is 5.69 Å². The summed E-state index contributed by atoms with van der Waals surface area (Å²) in [5.74, 6) is 0. The number of aliphatic hydroxyl groups is 2. The maximum absolute atomic E-state index is 11.7. The highest BCUT2D eigenvalue weighted by Gasteiger charge is 2.42. The molecule has 2 aliphatic carbocycles. The highest BCUT2D eigenvalue weighted by molar-refractivity contribution is 5.51. The van der Waals surface area contributed by atoms with E-state index in [0.717, 1.165) is 63.6 Å². The van der Waals surface area contributed by atoms with Crippen molar-refractivity contribution in [3.8, 4) is 0 Å². The molecule has 4 nitrogen and oxygen atoms in total. The second-order valence-corrected chi connectivity index (χ2v) is 9.09. The van der Waals surface area contributed by atoms with Crippen LogP contribution in [0.25, 0.3) is 0 Å². The summed E-state index contributed by atoms with van der Waals surface area (Å²) in [4.78, 5) is 2.25. The molecule has 0 aliphatic heterocycles. The van der Waals surface area contributed by atoms with Crippen molar-refractivity contribution in [2.24, 2.45) is 0 Å². The molecule has 0 amide bonds. The number of rotatable bonds is 7. The smallest absolute Gasteiger partial charge is 0.119 e. The molecule has 2 aromatic carbocycles. The van der Waals surface area contributed by atoms with Crippen LogP contribution in [0.2, 0.25) is 0 Å². The molecule has 2 aliphatic rings. The summed E-state index contributed by atoms with van der Waals surface area (Å²) < 4.78 is 0. The quantitative estimate of drug-likeness (QED) is 0.561. The van der Waals surface area contributed by atoms with E-state index < -0.39 is 5.72 Å². The Labute approximate surface area is 180 Å². The van der Waals surface area contributed by atoms with E-state index >= 15 is 0 Å². The highest BCUT2D eigenvalue weighted by atomic mass is 16.3. The standard InChI is InChI=1S/C26H36N2O2/c29-25-16-8-7-15-24(25)28(26(30)17-9-2-10-18-26)20-22-13-5-6-14-23(22)27-19-21-11-3-1-4-12-21/h1,3-6,11-14,24-25,27,29-30H,2,7-10,15-20H2/t24-,25-/m1/s1. The van der Waals surface area contributed by atoms with Gasteiger partial charge in [-0.1, -0.05) is 67.8 Å². The lowest BCUT2D eigenvalue weighted by molar-refractivity contribution is -0.176. The summed E-state index contributed by atoms with van der Waals surface area (Å²) in [6.45, 7) is 1.43. The molecule has 0 heterocycles. The Bertz CT molecular complexity index is 789.